The van der Waals surface area contributed by atoms with E-state index in [0.717, 1.165) is 5.56 Å². The van der Waals surface area contributed by atoms with Gasteiger partial charge in [0, 0.05) is 31.0 Å². The van der Waals surface area contributed by atoms with Crippen molar-refractivity contribution in [3.05, 3.63) is 48.2 Å². The third-order valence-corrected chi connectivity index (χ3v) is 5.08. The molecule has 0 saturated carbocycles. The topological polar surface area (TPSA) is 115 Å². The first-order chi connectivity index (χ1) is 16.0. The highest BCUT2D eigenvalue weighted by molar-refractivity contribution is 5.76. The number of amides is 1. The van der Waals surface area contributed by atoms with E-state index in [1.54, 1.807) is 34.2 Å². The minimum Gasteiger partial charge on any atom is -0.488 e. The number of nitrogens with zero attached hydrogens (tertiary/aromatic N) is 5. The lowest BCUT2D eigenvalue weighted by Gasteiger charge is -2.26. The molecule has 3 aromatic rings. The van der Waals surface area contributed by atoms with E-state index in [4.69, 9.17) is 14.6 Å². The average molecular weight is 456 g/mol. The Morgan fingerprint density at radius 1 is 1.30 bits per heavy atom. The Morgan fingerprint density at radius 3 is 2.88 bits per heavy atom. The maximum atomic E-state index is 14.4. The molecular formula is C22H25FN6O4. The number of aliphatic hydroxyl groups is 1. The van der Waals surface area contributed by atoms with Gasteiger partial charge in [0.25, 0.3) is 0 Å². The van der Waals surface area contributed by atoms with Gasteiger partial charge in [-0.25, -0.2) is 14.4 Å². The number of aryl methyl sites for hydroxylation is 1. The van der Waals surface area contributed by atoms with Crippen LogP contribution in [0.15, 0.2) is 36.8 Å². The summed E-state index contributed by atoms with van der Waals surface area (Å²) >= 11 is 0. The number of halogens is 1. The molecule has 0 spiro atoms. The average Bonchev–Trinajstić information content (AvgIpc) is 3.26. The summed E-state index contributed by atoms with van der Waals surface area (Å²) in [7, 11) is 0. The second-order valence-corrected chi connectivity index (χ2v) is 7.49. The fourth-order valence-electron chi connectivity index (χ4n) is 3.41. The highest BCUT2D eigenvalue weighted by Crippen LogP contribution is 2.27. The molecular weight excluding hydrogens is 431 g/mol. The van der Waals surface area contributed by atoms with Crippen LogP contribution in [0.4, 0.5) is 16.0 Å². The number of morpholine rings is 1. The summed E-state index contributed by atoms with van der Waals surface area (Å²) in [6.07, 6.45) is 4.93. The highest BCUT2D eigenvalue weighted by Gasteiger charge is 2.17. The fourth-order valence-corrected chi connectivity index (χ4v) is 3.41. The van der Waals surface area contributed by atoms with Gasteiger partial charge in [0.05, 0.1) is 37.4 Å². The minimum atomic E-state index is -0.542. The van der Waals surface area contributed by atoms with Gasteiger partial charge < -0.3 is 24.8 Å². The van der Waals surface area contributed by atoms with E-state index in [2.05, 4.69) is 20.4 Å². The van der Waals surface area contributed by atoms with Crippen LogP contribution >= 0.6 is 0 Å². The number of carbonyl (C=O) groups excluding carboxylic acids is 1. The summed E-state index contributed by atoms with van der Waals surface area (Å²) < 4.78 is 26.4. The lowest BCUT2D eigenvalue weighted by molar-refractivity contribution is -0.136. The summed E-state index contributed by atoms with van der Waals surface area (Å²) in [6.45, 7) is 4.05. The Hall–Kier alpha value is -3.57. The van der Waals surface area contributed by atoms with Gasteiger partial charge in [-0.05, 0) is 30.7 Å². The van der Waals surface area contributed by atoms with Gasteiger partial charge in [0.1, 0.15) is 13.2 Å². The summed E-state index contributed by atoms with van der Waals surface area (Å²) in [4.78, 5) is 23.0. The van der Waals surface area contributed by atoms with Gasteiger partial charge in [-0.1, -0.05) is 0 Å². The van der Waals surface area contributed by atoms with Crippen LogP contribution < -0.4 is 10.1 Å². The second kappa shape index (κ2) is 10.4. The van der Waals surface area contributed by atoms with Crippen molar-refractivity contribution in [2.75, 3.05) is 44.8 Å². The molecule has 2 aromatic heterocycles. The van der Waals surface area contributed by atoms with Crippen LogP contribution in [-0.4, -0.2) is 75.2 Å². The molecule has 1 saturated heterocycles. The number of aliphatic hydroxyl groups excluding tert-OH is 1. The standard InChI is InChI=1S/C22H25FN6O4/c1-15-11-24-22(27-21(15)16-2-3-19(18(23)10-16)33-9-6-30)26-17-12-25-29(13-17)14-20(31)28-4-7-32-8-5-28/h2-3,10-13,30H,4-9,14H2,1H3,(H,24,26,27). The first kappa shape index (κ1) is 22.6. The first-order valence-corrected chi connectivity index (χ1v) is 10.6. The zero-order valence-corrected chi connectivity index (χ0v) is 18.2. The molecule has 0 unspecified atom stereocenters. The molecule has 3 heterocycles. The van der Waals surface area contributed by atoms with E-state index in [0.29, 0.717) is 49.2 Å². The van der Waals surface area contributed by atoms with Crippen molar-refractivity contribution in [3.63, 3.8) is 0 Å². The summed E-state index contributed by atoms with van der Waals surface area (Å²) in [5.41, 5.74) is 2.53. The molecule has 1 aromatic carbocycles. The van der Waals surface area contributed by atoms with E-state index in [-0.39, 0.29) is 31.4 Å². The summed E-state index contributed by atoms with van der Waals surface area (Å²) in [5.74, 6) is -0.178. The van der Waals surface area contributed by atoms with Gasteiger partial charge in [0.2, 0.25) is 11.9 Å². The van der Waals surface area contributed by atoms with Crippen LogP contribution in [-0.2, 0) is 16.1 Å². The number of carbonyl (C=O) groups is 1. The van der Waals surface area contributed by atoms with Crippen LogP contribution in [0.25, 0.3) is 11.3 Å². The van der Waals surface area contributed by atoms with E-state index >= 15 is 0 Å². The highest BCUT2D eigenvalue weighted by atomic mass is 19.1. The molecule has 4 rings (SSSR count). The third kappa shape index (κ3) is 5.62. The lowest BCUT2D eigenvalue weighted by atomic mass is 10.1. The molecule has 1 fully saturated rings. The summed E-state index contributed by atoms with van der Waals surface area (Å²) in [5, 5.41) is 16.1. The quantitative estimate of drug-likeness (QED) is 0.527. The van der Waals surface area contributed by atoms with Gasteiger partial charge in [-0.3, -0.25) is 9.48 Å². The number of nitrogens with one attached hydrogen (secondary N) is 1. The van der Waals surface area contributed by atoms with Crippen molar-refractivity contribution >= 4 is 17.5 Å². The summed E-state index contributed by atoms with van der Waals surface area (Å²) in [6, 6.07) is 4.54. The molecule has 33 heavy (non-hydrogen) atoms. The predicted molar refractivity (Wildman–Crippen MR) is 118 cm³/mol. The molecule has 1 aliphatic heterocycles. The Bertz CT molecular complexity index is 1120. The number of benzene rings is 1. The minimum absolute atomic E-state index is 0.0165. The van der Waals surface area contributed by atoms with Crippen LogP contribution in [0, 0.1) is 12.7 Å². The first-order valence-electron chi connectivity index (χ1n) is 10.6. The molecule has 1 aliphatic rings. The molecule has 174 valence electrons. The molecule has 0 bridgehead atoms. The number of aromatic nitrogens is 4. The van der Waals surface area contributed by atoms with Gasteiger partial charge in [-0.2, -0.15) is 5.10 Å². The maximum absolute atomic E-state index is 14.4. The SMILES string of the molecule is Cc1cnc(Nc2cnn(CC(=O)N3CCOCC3)c2)nc1-c1ccc(OCCO)c(F)c1. The third-order valence-electron chi connectivity index (χ3n) is 5.08. The fraction of sp³-hybridized carbons (Fsp3) is 0.364. The van der Waals surface area contributed by atoms with E-state index in [1.165, 1.54) is 12.1 Å². The molecule has 1 amide bonds. The number of hydrogen-bond donors (Lipinski definition) is 2. The van der Waals surface area contributed by atoms with Gasteiger partial charge in [0.15, 0.2) is 11.6 Å². The van der Waals surface area contributed by atoms with Crippen LogP contribution in [0.1, 0.15) is 5.56 Å². The molecule has 10 nitrogen and oxygen atoms in total. The van der Waals surface area contributed by atoms with E-state index in [1.807, 2.05) is 6.92 Å². The van der Waals surface area contributed by atoms with Gasteiger partial charge >= 0.3 is 0 Å². The van der Waals surface area contributed by atoms with Crippen LogP contribution in [0.2, 0.25) is 0 Å². The number of hydrogen-bond acceptors (Lipinski definition) is 8. The molecule has 0 radical (unpaired) electrons. The normalized spacial score (nSPS) is 13.7. The van der Waals surface area contributed by atoms with Crippen molar-refractivity contribution in [2.24, 2.45) is 0 Å². The smallest absolute Gasteiger partial charge is 0.244 e. The Morgan fingerprint density at radius 2 is 2.12 bits per heavy atom. The van der Waals surface area contributed by atoms with Crippen molar-refractivity contribution in [2.45, 2.75) is 13.5 Å². The van der Waals surface area contributed by atoms with Crippen molar-refractivity contribution < 1.29 is 23.8 Å². The van der Waals surface area contributed by atoms with E-state index < -0.39 is 5.82 Å². The maximum Gasteiger partial charge on any atom is 0.244 e. The van der Waals surface area contributed by atoms with Crippen molar-refractivity contribution in [3.8, 4) is 17.0 Å². The molecule has 2 N–H and O–H groups in total. The van der Waals surface area contributed by atoms with Crippen molar-refractivity contribution in [1.82, 2.24) is 24.6 Å². The lowest BCUT2D eigenvalue weighted by Crippen LogP contribution is -2.42. The monoisotopic (exact) mass is 456 g/mol. The number of rotatable bonds is 8. The Balaban J connectivity index is 1.45. The van der Waals surface area contributed by atoms with E-state index in [9.17, 15) is 9.18 Å². The second-order valence-electron chi connectivity index (χ2n) is 7.49. The molecule has 11 heteroatoms. The van der Waals surface area contributed by atoms with Crippen LogP contribution in [0.3, 0.4) is 0 Å². The number of anilines is 2. The Labute approximate surface area is 190 Å². The zero-order chi connectivity index (χ0) is 23.2. The molecule has 0 aliphatic carbocycles. The Kier molecular flexibility index (Phi) is 7.10. The van der Waals surface area contributed by atoms with Crippen molar-refractivity contribution in [1.29, 1.82) is 0 Å². The van der Waals surface area contributed by atoms with Gasteiger partial charge in [-0.15, -0.1) is 0 Å². The predicted octanol–water partition coefficient (Wildman–Crippen LogP) is 1.76. The zero-order valence-electron chi connectivity index (χ0n) is 18.2. The van der Waals surface area contributed by atoms with Crippen LogP contribution in [0.5, 0.6) is 5.75 Å². The molecule has 0 atom stereocenters. The largest absolute Gasteiger partial charge is 0.488 e. The number of ether oxygens (including phenoxy) is 2.